The topological polar surface area (TPSA) is 208 Å². The first-order chi connectivity index (χ1) is 36.0. The molecule has 0 amide bonds. The molecule has 17 heteroatoms. The smallest absolute Gasteiger partial charge is 0.549 e. The van der Waals surface area contributed by atoms with Crippen LogP contribution in [0, 0.1) is 39.9 Å². The molecule has 441 valence electrons. The van der Waals surface area contributed by atoms with Gasteiger partial charge in [0.05, 0.1) is 31.1 Å². The van der Waals surface area contributed by atoms with E-state index in [0.717, 1.165) is 25.7 Å². The number of aliphatic hydroxyl groups excluding tert-OH is 1. The average molecular weight is 1210 g/mol. The number of carbonyl (C=O) groups excluding carboxylic acids is 4. The molecular formula is C58H109GdN4O12. The molecule has 0 aromatic heterocycles. The van der Waals surface area contributed by atoms with E-state index in [9.17, 15) is 39.6 Å². The Balaban J connectivity index is 0.0000548. The molecule has 0 aromatic carbocycles. The molecule has 0 saturated carbocycles. The van der Waals surface area contributed by atoms with Crippen molar-refractivity contribution in [3.05, 3.63) is 0 Å². The van der Waals surface area contributed by atoms with Gasteiger partial charge in [0.2, 0.25) is 0 Å². The molecule has 1 saturated heterocycles. The van der Waals surface area contributed by atoms with Crippen molar-refractivity contribution in [2.24, 2.45) is 0 Å². The number of unbranched alkanes of at least 4 members (excludes halogenated alkanes) is 30. The number of β-amino-alcohol motifs (C(OH)–C–C–N with tert-alkyl or cyclic N) is 1. The fraction of sp³-hybridized carbons (Fsp3) is 0.931. The van der Waals surface area contributed by atoms with Gasteiger partial charge in [0.15, 0.2) is 0 Å². The van der Waals surface area contributed by atoms with Crippen LogP contribution in [0.3, 0.4) is 0 Å². The maximum Gasteiger partial charge on any atom is 3.00 e. The van der Waals surface area contributed by atoms with Crippen molar-refractivity contribution in [2.45, 2.75) is 232 Å². The van der Waals surface area contributed by atoms with Crippen molar-refractivity contribution >= 4 is 23.9 Å². The second kappa shape index (κ2) is 54.8. The molecule has 1 fully saturated rings. The summed E-state index contributed by atoms with van der Waals surface area (Å²) in [5.41, 5.74) is 0. The van der Waals surface area contributed by atoms with Crippen LogP contribution in [0.15, 0.2) is 0 Å². The van der Waals surface area contributed by atoms with Gasteiger partial charge >= 0.3 is 45.9 Å². The van der Waals surface area contributed by atoms with Crippen LogP contribution >= 0.6 is 0 Å². The number of carboxylic acid groups (broad SMARTS) is 3. The van der Waals surface area contributed by atoms with E-state index >= 15 is 0 Å². The molecule has 0 aliphatic carbocycles. The van der Waals surface area contributed by atoms with Crippen LogP contribution in [-0.4, -0.2) is 179 Å². The van der Waals surface area contributed by atoms with Gasteiger partial charge in [0.1, 0.15) is 25.4 Å². The van der Waals surface area contributed by atoms with Crippen LogP contribution in [0.5, 0.6) is 0 Å². The van der Waals surface area contributed by atoms with E-state index in [4.69, 9.17) is 18.9 Å². The normalized spacial score (nSPS) is 15.1. The van der Waals surface area contributed by atoms with Crippen LogP contribution in [0.2, 0.25) is 0 Å². The summed E-state index contributed by atoms with van der Waals surface area (Å²) in [5, 5.41) is 45.5. The van der Waals surface area contributed by atoms with E-state index < -0.39 is 36.1 Å². The first-order valence-electron chi connectivity index (χ1n) is 30.1. The monoisotopic (exact) mass is 1210 g/mol. The molecular weight excluding hydrogens is 1100 g/mol. The first-order valence-corrected chi connectivity index (χ1v) is 30.1. The largest absolute Gasteiger partial charge is 3.00 e. The maximum atomic E-state index is 12.9. The van der Waals surface area contributed by atoms with Gasteiger partial charge in [0, 0.05) is 91.8 Å². The number of carboxylic acids is 3. The fourth-order valence-corrected chi connectivity index (χ4v) is 9.63. The Morgan fingerprint density at radius 1 is 0.413 bits per heavy atom. The molecule has 1 aliphatic heterocycles. The number of ether oxygens (including phenoxy) is 4. The van der Waals surface area contributed by atoms with Gasteiger partial charge in [-0.2, -0.15) is 0 Å². The predicted molar refractivity (Wildman–Crippen MR) is 288 cm³/mol. The third-order valence-corrected chi connectivity index (χ3v) is 14.2. The number of aliphatic carboxylic acids is 3. The van der Waals surface area contributed by atoms with Crippen molar-refractivity contribution < 1.29 is 98.5 Å². The second-order valence-electron chi connectivity index (χ2n) is 21.3. The number of carbonyl (C=O) groups is 4. The van der Waals surface area contributed by atoms with Crippen LogP contribution in [-0.2, 0) is 38.1 Å². The summed E-state index contributed by atoms with van der Waals surface area (Å²) in [5.74, 6) is -4.50. The predicted octanol–water partition coefficient (Wildman–Crippen LogP) is 6.30. The van der Waals surface area contributed by atoms with E-state index in [1.165, 1.54) is 180 Å². The average Bonchev–Trinajstić information content (AvgIpc) is 3.36. The van der Waals surface area contributed by atoms with Gasteiger partial charge in [-0.1, -0.05) is 206 Å². The van der Waals surface area contributed by atoms with Crippen molar-refractivity contribution in [1.29, 1.82) is 0 Å². The Kier molecular flexibility index (Phi) is 54.0. The summed E-state index contributed by atoms with van der Waals surface area (Å²) < 4.78 is 23.5. The molecule has 1 rings (SSSR count). The minimum atomic E-state index is -1.29. The van der Waals surface area contributed by atoms with Crippen molar-refractivity contribution in [2.75, 3.05) is 118 Å². The minimum absolute atomic E-state index is 0. The zero-order valence-corrected chi connectivity index (χ0v) is 49.9. The quantitative estimate of drug-likeness (QED) is 0.0524. The standard InChI is InChI=1S/C58H112N4O12.Gd/c1-3-5-7-9-11-13-15-17-19-21-23-25-27-29-31-33-43-71-50-54(51-72-44-34-32-30-28-26-24-22-20-18-16-14-12-10-8-6-4-2)73-52-58(70)74-49-53(63)45-59-35-37-60(46-55(64)65)39-41-62(48-57(68)69)42-40-61(38-36-59)47-56(66)67;/h53-54,63H,3-52H2,1-2H3,(H,64,65)(H,66,67)(H,68,69);/q;+3/p-3. The third kappa shape index (κ3) is 50.8. The molecule has 0 bridgehead atoms. The Bertz CT molecular complexity index is 1250. The van der Waals surface area contributed by atoms with Gasteiger partial charge in [-0.3, -0.25) is 19.6 Å². The maximum absolute atomic E-state index is 12.9. The molecule has 1 aliphatic rings. The van der Waals surface area contributed by atoms with Crippen molar-refractivity contribution in [3.63, 3.8) is 0 Å². The summed E-state index contributed by atoms with van der Waals surface area (Å²) in [7, 11) is 0. The van der Waals surface area contributed by atoms with Crippen LogP contribution in [0.4, 0.5) is 0 Å². The summed E-state index contributed by atoms with van der Waals surface area (Å²) in [4.78, 5) is 54.1. The molecule has 1 heterocycles. The number of nitrogens with zero attached hydrogens (tertiary/aromatic N) is 4. The zero-order chi connectivity index (χ0) is 54.0. The van der Waals surface area contributed by atoms with Gasteiger partial charge in [-0.25, -0.2) is 4.79 Å². The van der Waals surface area contributed by atoms with Gasteiger partial charge < -0.3 is 53.8 Å². The molecule has 16 nitrogen and oxygen atoms in total. The van der Waals surface area contributed by atoms with Crippen LogP contribution in [0.25, 0.3) is 0 Å². The Labute approximate surface area is 488 Å². The minimum Gasteiger partial charge on any atom is -0.549 e. The van der Waals surface area contributed by atoms with E-state index in [-0.39, 0.29) is 119 Å². The zero-order valence-electron chi connectivity index (χ0n) is 47.6. The van der Waals surface area contributed by atoms with Crippen LogP contribution < -0.4 is 15.3 Å². The van der Waals surface area contributed by atoms with Crippen molar-refractivity contribution in [1.82, 2.24) is 19.6 Å². The van der Waals surface area contributed by atoms with Gasteiger partial charge in [-0.15, -0.1) is 0 Å². The van der Waals surface area contributed by atoms with Crippen LogP contribution in [0.1, 0.15) is 219 Å². The Morgan fingerprint density at radius 3 is 0.960 bits per heavy atom. The molecule has 0 aromatic rings. The second-order valence-corrected chi connectivity index (χ2v) is 21.3. The number of hydrogen-bond donors (Lipinski definition) is 1. The molecule has 1 N–H and O–H groups in total. The van der Waals surface area contributed by atoms with Gasteiger partial charge in [0.25, 0.3) is 0 Å². The fourth-order valence-electron chi connectivity index (χ4n) is 9.63. The third-order valence-electron chi connectivity index (χ3n) is 14.2. The summed E-state index contributed by atoms with van der Waals surface area (Å²) in [6, 6.07) is 0. The van der Waals surface area contributed by atoms with E-state index in [1.54, 1.807) is 14.7 Å². The molecule has 1 atom stereocenters. The number of hydrogen-bond acceptors (Lipinski definition) is 16. The van der Waals surface area contributed by atoms with E-state index in [0.29, 0.717) is 39.5 Å². The number of aliphatic hydroxyl groups is 1. The van der Waals surface area contributed by atoms with Gasteiger partial charge in [-0.05, 0) is 12.8 Å². The summed E-state index contributed by atoms with van der Waals surface area (Å²) in [6.45, 7) is 6.56. The molecule has 1 radical (unpaired) electrons. The first kappa shape index (κ1) is 73.9. The van der Waals surface area contributed by atoms with E-state index in [1.807, 2.05) is 4.90 Å². The summed E-state index contributed by atoms with van der Waals surface area (Å²) in [6.07, 6.45) is 40.2. The number of rotatable bonds is 51. The van der Waals surface area contributed by atoms with Crippen molar-refractivity contribution in [3.8, 4) is 0 Å². The molecule has 1 unspecified atom stereocenters. The Morgan fingerprint density at radius 2 is 0.680 bits per heavy atom. The number of esters is 1. The Hall–Kier alpha value is -1.12. The van der Waals surface area contributed by atoms with E-state index in [2.05, 4.69) is 13.8 Å². The molecule has 75 heavy (non-hydrogen) atoms. The SMILES string of the molecule is CCCCCCCCCCCCCCCCCCOCC(COCCCCCCCCCCCCCCCCCC)OCC(=O)OCC(O)CN1CCN(CC(=O)[O-])CCN(CC(=O)[O-])CCN(CC(=O)[O-])CC1.[Gd+3]. The summed E-state index contributed by atoms with van der Waals surface area (Å²) >= 11 is 0. The molecule has 0 spiro atoms.